The molecule has 1 unspecified atom stereocenters. The van der Waals surface area contributed by atoms with Crippen LogP contribution >= 0.6 is 0 Å². The van der Waals surface area contributed by atoms with E-state index in [1.165, 1.54) is 35.5 Å². The SMILES string of the molecule is CCCCCC(=O)CC(=O)CCc1ccc(O)c(OC)c1.CCCCCC(O)CC(=O)CCc1ccc(O)c(OC)c1.CCCCC[C@H](O)CC(=O)CCc1ccc(O)c(OC)c1.CCCCC[C@H](O)CC(=O)CCc1ccc(O)c(OC)c1.CCCCC[C@H](O)CC(=O)CCc1ccc(O)c(OC)c1. The third-order valence-corrected chi connectivity index (χ3v) is 17.6. The number of aromatic hydroxyl groups is 5. The lowest BCUT2D eigenvalue weighted by Crippen LogP contribution is -2.13. The fourth-order valence-electron chi connectivity index (χ4n) is 11.2. The van der Waals surface area contributed by atoms with Crippen LogP contribution in [0, 0.1) is 0 Å². The van der Waals surface area contributed by atoms with Crippen LogP contribution in [0.25, 0.3) is 0 Å². The quantitative estimate of drug-likeness (QED) is 0.0129. The number of unbranched alkanes of at least 4 members (excludes halogenated alkanes) is 10. The molecule has 0 saturated heterocycles. The van der Waals surface area contributed by atoms with Gasteiger partial charge in [-0.3, -0.25) is 28.8 Å². The molecule has 0 amide bonds. The second kappa shape index (κ2) is 58.2. The van der Waals surface area contributed by atoms with E-state index in [1.807, 2.05) is 0 Å². The van der Waals surface area contributed by atoms with Gasteiger partial charge >= 0.3 is 0 Å². The van der Waals surface area contributed by atoms with Gasteiger partial charge in [-0.1, -0.05) is 155 Å². The van der Waals surface area contributed by atoms with E-state index in [1.54, 1.807) is 91.0 Å². The van der Waals surface area contributed by atoms with E-state index in [0.717, 1.165) is 124 Å². The van der Waals surface area contributed by atoms with Crippen molar-refractivity contribution >= 4 is 34.7 Å². The summed E-state index contributed by atoms with van der Waals surface area (Å²) in [7, 11) is 7.47. The van der Waals surface area contributed by atoms with Gasteiger partial charge in [0.25, 0.3) is 0 Å². The van der Waals surface area contributed by atoms with Gasteiger partial charge in [0.2, 0.25) is 0 Å². The van der Waals surface area contributed by atoms with E-state index in [4.69, 9.17) is 23.7 Å². The number of carbonyl (C=O) groups is 6. The number of ketones is 6. The van der Waals surface area contributed by atoms with Gasteiger partial charge < -0.3 is 69.6 Å². The highest BCUT2D eigenvalue weighted by Gasteiger charge is 2.17. The van der Waals surface area contributed by atoms with Gasteiger partial charge in [-0.2, -0.15) is 0 Å². The number of aliphatic hydroxyl groups is 4. The van der Waals surface area contributed by atoms with Crippen molar-refractivity contribution in [2.45, 2.75) is 284 Å². The van der Waals surface area contributed by atoms with Crippen LogP contribution in [0.3, 0.4) is 0 Å². The monoisotopic (exact) mass is 1470 g/mol. The molecule has 0 saturated carbocycles. The minimum atomic E-state index is -0.515. The van der Waals surface area contributed by atoms with Crippen molar-refractivity contribution in [1.29, 1.82) is 0 Å². The number of carbonyl (C=O) groups excluding carboxylic acids is 6. The molecule has 4 atom stereocenters. The van der Waals surface area contributed by atoms with Crippen LogP contribution < -0.4 is 23.7 Å². The van der Waals surface area contributed by atoms with E-state index in [-0.39, 0.29) is 95.6 Å². The van der Waals surface area contributed by atoms with Gasteiger partial charge in [-0.05, 0) is 153 Å². The maximum absolute atomic E-state index is 11.8. The highest BCUT2D eigenvalue weighted by Crippen LogP contribution is 2.31. The third-order valence-electron chi connectivity index (χ3n) is 17.6. The molecule has 105 heavy (non-hydrogen) atoms. The molecule has 20 heteroatoms. The Hall–Kier alpha value is -8.04. The first-order valence-corrected chi connectivity index (χ1v) is 37.9. The first kappa shape index (κ1) is 95.0. The molecule has 0 aliphatic heterocycles. The fraction of sp³-hybridized carbons (Fsp3) is 0.576. The zero-order valence-corrected chi connectivity index (χ0v) is 64.7. The van der Waals surface area contributed by atoms with E-state index in [2.05, 4.69) is 34.6 Å². The van der Waals surface area contributed by atoms with Gasteiger partial charge in [0.05, 0.1) is 66.4 Å². The molecular formula is C85H128O20. The van der Waals surface area contributed by atoms with Crippen molar-refractivity contribution < 1.29 is 98.4 Å². The molecule has 0 aliphatic carbocycles. The average molecular weight is 1470 g/mol. The molecule has 0 bridgehead atoms. The van der Waals surface area contributed by atoms with Crippen molar-refractivity contribution in [2.75, 3.05) is 35.5 Å². The van der Waals surface area contributed by atoms with E-state index < -0.39 is 24.4 Å². The van der Waals surface area contributed by atoms with Gasteiger partial charge in [0.1, 0.15) is 34.7 Å². The highest BCUT2D eigenvalue weighted by molar-refractivity contribution is 5.99. The molecule has 0 fully saturated rings. The molecule has 9 N–H and O–H groups in total. The number of Topliss-reactive ketones (excluding diaryl/α,β-unsaturated/α-hetero) is 6. The fourth-order valence-corrected chi connectivity index (χ4v) is 11.2. The Bertz CT molecular complexity index is 2900. The summed E-state index contributed by atoms with van der Waals surface area (Å²) in [5.41, 5.74) is 4.69. The van der Waals surface area contributed by atoms with Crippen LogP contribution in [-0.4, -0.2) is 141 Å². The summed E-state index contributed by atoms with van der Waals surface area (Å²) >= 11 is 0. The summed E-state index contributed by atoms with van der Waals surface area (Å²) in [6.45, 7) is 10.5. The maximum atomic E-state index is 11.8. The Balaban J connectivity index is 0.000000656. The second-order valence-electron chi connectivity index (χ2n) is 26.8. The lowest BCUT2D eigenvalue weighted by molar-refractivity contribution is -0.127. The summed E-state index contributed by atoms with van der Waals surface area (Å²) in [5, 5.41) is 86.7. The number of ether oxygens (including phenoxy) is 5. The predicted molar refractivity (Wildman–Crippen MR) is 413 cm³/mol. The molecule has 5 aromatic rings. The molecule has 20 nitrogen and oxygen atoms in total. The minimum Gasteiger partial charge on any atom is -0.504 e. The Morgan fingerprint density at radius 2 is 0.467 bits per heavy atom. The highest BCUT2D eigenvalue weighted by atomic mass is 16.5. The molecule has 5 aromatic carbocycles. The number of hydrogen-bond acceptors (Lipinski definition) is 20. The number of aliphatic hydroxyl groups excluding tert-OH is 4. The first-order chi connectivity index (χ1) is 50.3. The van der Waals surface area contributed by atoms with Gasteiger partial charge in [0, 0.05) is 64.2 Å². The zero-order chi connectivity index (χ0) is 78.3. The van der Waals surface area contributed by atoms with Gasteiger partial charge in [-0.15, -0.1) is 0 Å². The molecule has 0 radical (unpaired) electrons. The van der Waals surface area contributed by atoms with Crippen molar-refractivity contribution in [3.63, 3.8) is 0 Å². The topological polar surface area (TPSA) is 331 Å². The summed E-state index contributed by atoms with van der Waals surface area (Å²) in [5.74, 6) is 2.84. The maximum Gasteiger partial charge on any atom is 0.160 e. The predicted octanol–water partition coefficient (Wildman–Crippen LogP) is 16.4. The zero-order valence-electron chi connectivity index (χ0n) is 64.7. The number of benzene rings is 5. The summed E-state index contributed by atoms with van der Waals surface area (Å²) in [6.07, 6.45) is 22.8. The lowest BCUT2D eigenvalue weighted by Gasteiger charge is -2.10. The van der Waals surface area contributed by atoms with E-state index in [0.29, 0.717) is 125 Å². The minimum absolute atomic E-state index is 0.0245. The summed E-state index contributed by atoms with van der Waals surface area (Å²) in [6, 6.07) is 25.4. The van der Waals surface area contributed by atoms with Crippen LogP contribution in [0.5, 0.6) is 57.5 Å². The standard InChI is InChI=1S/4C17H26O4.C17H24O4/c5*1-3-4-5-6-14(18)12-15(19)9-7-13-8-10-16(20)17(11-13)21-2/h4*8,10-11,14,18,20H,3-7,9,12H2,1-2H3;8,10-11,20H,3-7,9,12H2,1-2H3/t3*14-;;/m000../s1. The molecule has 0 aliphatic rings. The van der Waals surface area contributed by atoms with Crippen LogP contribution in [0.1, 0.15) is 255 Å². The third kappa shape index (κ3) is 45.2. The number of methoxy groups -OCH3 is 5. The molecule has 0 aromatic heterocycles. The van der Waals surface area contributed by atoms with Crippen molar-refractivity contribution in [1.82, 2.24) is 0 Å². The van der Waals surface area contributed by atoms with Crippen LogP contribution in [0.15, 0.2) is 91.0 Å². The van der Waals surface area contributed by atoms with Crippen LogP contribution in [0.4, 0.5) is 0 Å². The molecule has 5 rings (SSSR count). The van der Waals surface area contributed by atoms with E-state index in [9.17, 15) is 74.7 Å². The number of phenols is 5. The normalized spacial score (nSPS) is 11.8. The number of aryl methyl sites for hydroxylation is 5. The van der Waals surface area contributed by atoms with Gasteiger partial charge in [0.15, 0.2) is 57.5 Å². The average Bonchev–Trinajstić information content (AvgIpc) is 0.906. The number of rotatable bonds is 50. The molecule has 0 heterocycles. The smallest absolute Gasteiger partial charge is 0.160 e. The number of phenolic OH excluding ortho intramolecular Hbond substituents is 5. The summed E-state index contributed by atoms with van der Waals surface area (Å²) in [4.78, 5) is 70.8. The van der Waals surface area contributed by atoms with Gasteiger partial charge in [-0.25, -0.2) is 0 Å². The molecule has 0 spiro atoms. The van der Waals surface area contributed by atoms with Crippen molar-refractivity contribution in [3.8, 4) is 57.5 Å². The van der Waals surface area contributed by atoms with E-state index >= 15 is 0 Å². The Morgan fingerprint density at radius 3 is 0.667 bits per heavy atom. The Kier molecular flexibility index (Phi) is 52.6. The van der Waals surface area contributed by atoms with Crippen LogP contribution in [-0.2, 0) is 60.9 Å². The lowest BCUT2D eigenvalue weighted by atomic mass is 10.0. The molecular weight excluding hydrogens is 1340 g/mol. The van der Waals surface area contributed by atoms with Crippen LogP contribution in [0.2, 0.25) is 0 Å². The largest absolute Gasteiger partial charge is 0.504 e. The summed E-state index contributed by atoms with van der Waals surface area (Å²) < 4.78 is 25.2. The second-order valence-corrected chi connectivity index (χ2v) is 26.8. The van der Waals surface area contributed by atoms with Crippen molar-refractivity contribution in [2.24, 2.45) is 0 Å². The first-order valence-electron chi connectivity index (χ1n) is 37.9. The Morgan fingerprint density at radius 1 is 0.276 bits per heavy atom. The Labute approximate surface area is 625 Å². The molecule has 588 valence electrons. The van der Waals surface area contributed by atoms with Crippen molar-refractivity contribution in [3.05, 3.63) is 119 Å². The number of hydrogen-bond donors (Lipinski definition) is 9.